The molecule has 1 aromatic rings. The molecule has 0 saturated carbocycles. The molecule has 0 aromatic heterocycles. The Morgan fingerprint density at radius 1 is 1.29 bits per heavy atom. The third-order valence-corrected chi connectivity index (χ3v) is 3.53. The van der Waals surface area contributed by atoms with Crippen molar-refractivity contribution in [2.75, 3.05) is 13.1 Å². The number of amides is 2. The van der Waals surface area contributed by atoms with Crippen LogP contribution in [0.5, 0.6) is 0 Å². The summed E-state index contributed by atoms with van der Waals surface area (Å²) >= 11 is 0. The lowest BCUT2D eigenvalue weighted by Gasteiger charge is -2.36. The first-order chi connectivity index (χ1) is 9.95. The molecule has 0 bridgehead atoms. The van der Waals surface area contributed by atoms with Gasteiger partial charge in [-0.2, -0.15) is 5.26 Å². The van der Waals surface area contributed by atoms with Gasteiger partial charge < -0.3 is 9.80 Å². The first-order valence-electron chi connectivity index (χ1n) is 6.73. The third kappa shape index (κ3) is 2.87. The number of rotatable bonds is 3. The van der Waals surface area contributed by atoms with Gasteiger partial charge in [0.1, 0.15) is 11.9 Å². The lowest BCUT2D eigenvalue weighted by Crippen LogP contribution is -2.55. The van der Waals surface area contributed by atoms with Crippen LogP contribution in [0.25, 0.3) is 0 Å². The van der Waals surface area contributed by atoms with E-state index in [0.29, 0.717) is 13.1 Å². The third-order valence-electron chi connectivity index (χ3n) is 3.53. The fourth-order valence-corrected chi connectivity index (χ4v) is 2.33. The van der Waals surface area contributed by atoms with Crippen LogP contribution >= 0.6 is 0 Å². The van der Waals surface area contributed by atoms with Crippen molar-refractivity contribution in [1.29, 1.82) is 5.26 Å². The number of carbonyl (C=O) groups is 2. The number of nitriles is 1. The van der Waals surface area contributed by atoms with Crippen LogP contribution in [0.15, 0.2) is 18.2 Å². The van der Waals surface area contributed by atoms with Gasteiger partial charge in [0, 0.05) is 31.2 Å². The van der Waals surface area contributed by atoms with Crippen molar-refractivity contribution in [3.05, 3.63) is 35.1 Å². The topological polar surface area (TPSA) is 64.4 Å². The minimum absolute atomic E-state index is 0.00212. The van der Waals surface area contributed by atoms with Gasteiger partial charge in [-0.25, -0.2) is 4.39 Å². The van der Waals surface area contributed by atoms with Gasteiger partial charge in [-0.3, -0.25) is 9.59 Å². The Balaban J connectivity index is 2.17. The Hall–Kier alpha value is -2.42. The summed E-state index contributed by atoms with van der Waals surface area (Å²) in [6.45, 7) is 4.48. The van der Waals surface area contributed by atoms with E-state index < -0.39 is 17.6 Å². The number of piperazine rings is 1. The molecule has 1 aliphatic rings. The molecule has 1 aromatic carbocycles. The van der Waals surface area contributed by atoms with Crippen LogP contribution in [0.1, 0.15) is 25.0 Å². The van der Waals surface area contributed by atoms with Crippen molar-refractivity contribution in [1.82, 2.24) is 9.80 Å². The second-order valence-corrected chi connectivity index (χ2v) is 5.21. The molecule has 0 spiro atoms. The second kappa shape index (κ2) is 5.92. The van der Waals surface area contributed by atoms with Crippen LogP contribution in [0.4, 0.5) is 4.39 Å². The minimum atomic E-state index is -0.633. The lowest BCUT2D eigenvalue weighted by molar-refractivity contribution is -0.157. The van der Waals surface area contributed by atoms with E-state index in [-0.39, 0.29) is 23.7 Å². The molecule has 0 radical (unpaired) electrons. The molecular formula is C15H16FN3O2. The number of hydrogen-bond acceptors (Lipinski definition) is 3. The molecule has 2 amide bonds. The average Bonchev–Trinajstić information content (AvgIpc) is 2.45. The van der Waals surface area contributed by atoms with E-state index >= 15 is 0 Å². The van der Waals surface area contributed by atoms with Crippen LogP contribution in [0.2, 0.25) is 0 Å². The highest BCUT2D eigenvalue weighted by molar-refractivity contribution is 6.35. The minimum Gasteiger partial charge on any atom is -0.330 e. The summed E-state index contributed by atoms with van der Waals surface area (Å²) in [5, 5.41) is 8.81. The van der Waals surface area contributed by atoms with Crippen LogP contribution in [-0.2, 0) is 16.1 Å². The van der Waals surface area contributed by atoms with Gasteiger partial charge in [0.05, 0.1) is 5.56 Å². The van der Waals surface area contributed by atoms with Crippen molar-refractivity contribution in [2.45, 2.75) is 26.4 Å². The zero-order valence-corrected chi connectivity index (χ0v) is 12.0. The molecule has 0 atom stereocenters. The lowest BCUT2D eigenvalue weighted by atomic mass is 10.1. The maximum Gasteiger partial charge on any atom is 0.312 e. The molecule has 1 fully saturated rings. The van der Waals surface area contributed by atoms with E-state index in [1.165, 1.54) is 21.9 Å². The maximum absolute atomic E-state index is 14.0. The number of halogens is 1. The summed E-state index contributed by atoms with van der Waals surface area (Å²) in [7, 11) is 0. The average molecular weight is 289 g/mol. The number of hydrogen-bond donors (Lipinski definition) is 0. The van der Waals surface area contributed by atoms with Crippen LogP contribution in [-0.4, -0.2) is 40.7 Å². The van der Waals surface area contributed by atoms with Gasteiger partial charge in [0.25, 0.3) is 0 Å². The molecule has 6 heteroatoms. The highest BCUT2D eigenvalue weighted by Crippen LogP contribution is 2.17. The molecule has 0 aliphatic carbocycles. The highest BCUT2D eigenvalue weighted by Gasteiger charge is 2.34. The molecule has 1 aliphatic heterocycles. The maximum atomic E-state index is 14.0. The highest BCUT2D eigenvalue weighted by atomic mass is 19.1. The zero-order chi connectivity index (χ0) is 15.6. The monoisotopic (exact) mass is 289 g/mol. The van der Waals surface area contributed by atoms with Crippen LogP contribution < -0.4 is 0 Å². The Morgan fingerprint density at radius 2 is 2.00 bits per heavy atom. The Bertz CT molecular complexity index is 622. The van der Waals surface area contributed by atoms with E-state index in [2.05, 4.69) is 0 Å². The Morgan fingerprint density at radius 3 is 2.62 bits per heavy atom. The van der Waals surface area contributed by atoms with E-state index in [4.69, 9.17) is 5.26 Å². The summed E-state index contributed by atoms with van der Waals surface area (Å²) in [6, 6.07) is 6.18. The van der Waals surface area contributed by atoms with E-state index in [1.54, 1.807) is 12.1 Å². The van der Waals surface area contributed by atoms with Gasteiger partial charge in [-0.15, -0.1) is 0 Å². The first-order valence-corrected chi connectivity index (χ1v) is 6.73. The Kier molecular flexibility index (Phi) is 4.22. The predicted octanol–water partition coefficient (Wildman–Crippen LogP) is 1.28. The molecule has 0 unspecified atom stereocenters. The predicted molar refractivity (Wildman–Crippen MR) is 73.4 cm³/mol. The van der Waals surface area contributed by atoms with Crippen molar-refractivity contribution in [3.8, 4) is 6.07 Å². The molecule has 5 nitrogen and oxygen atoms in total. The molecule has 0 N–H and O–H groups in total. The largest absolute Gasteiger partial charge is 0.330 e. The fraction of sp³-hybridized carbons (Fsp3) is 0.400. The smallest absolute Gasteiger partial charge is 0.312 e. The molecule has 2 rings (SSSR count). The van der Waals surface area contributed by atoms with Gasteiger partial charge in [0.2, 0.25) is 0 Å². The number of carbonyl (C=O) groups excluding carboxylic acids is 2. The van der Waals surface area contributed by atoms with Crippen molar-refractivity contribution in [3.63, 3.8) is 0 Å². The van der Waals surface area contributed by atoms with Crippen LogP contribution in [0.3, 0.4) is 0 Å². The quantitative estimate of drug-likeness (QED) is 0.787. The number of benzene rings is 1. The van der Waals surface area contributed by atoms with Crippen molar-refractivity contribution < 1.29 is 14.0 Å². The molecular weight excluding hydrogens is 273 g/mol. The summed E-state index contributed by atoms with van der Waals surface area (Å²) in [5.41, 5.74) is 0.181. The molecule has 1 heterocycles. The van der Waals surface area contributed by atoms with Gasteiger partial charge in [-0.1, -0.05) is 12.1 Å². The van der Waals surface area contributed by atoms with E-state index in [1.807, 2.05) is 13.8 Å². The van der Waals surface area contributed by atoms with E-state index in [9.17, 15) is 14.0 Å². The Labute approximate surface area is 122 Å². The normalized spacial score (nSPS) is 15.6. The molecule has 110 valence electrons. The summed E-state index contributed by atoms with van der Waals surface area (Å²) in [6.07, 6.45) is 0. The van der Waals surface area contributed by atoms with Gasteiger partial charge >= 0.3 is 11.8 Å². The molecule has 21 heavy (non-hydrogen) atoms. The summed E-state index contributed by atoms with van der Waals surface area (Å²) in [4.78, 5) is 26.8. The number of nitrogens with zero attached hydrogens (tertiary/aromatic N) is 3. The molecule has 1 saturated heterocycles. The van der Waals surface area contributed by atoms with Crippen molar-refractivity contribution >= 4 is 11.8 Å². The van der Waals surface area contributed by atoms with Crippen LogP contribution in [0, 0.1) is 17.1 Å². The van der Waals surface area contributed by atoms with E-state index in [0.717, 1.165) is 0 Å². The SMILES string of the molecule is CC(C)N1CCN(Cc2cccc(C#N)c2F)C(=O)C1=O. The summed E-state index contributed by atoms with van der Waals surface area (Å²) < 4.78 is 14.0. The zero-order valence-electron chi connectivity index (χ0n) is 12.0. The fourth-order valence-electron chi connectivity index (χ4n) is 2.33. The first kappa shape index (κ1) is 15.0. The standard InChI is InChI=1S/C15H16FN3O2/c1-10(2)19-7-6-18(14(20)15(19)21)9-12-5-3-4-11(8-17)13(12)16/h3-5,10H,6-7,9H2,1-2H3. The van der Waals surface area contributed by atoms with Gasteiger partial charge in [0.15, 0.2) is 0 Å². The van der Waals surface area contributed by atoms with Crippen molar-refractivity contribution in [2.24, 2.45) is 0 Å². The second-order valence-electron chi connectivity index (χ2n) is 5.21. The summed E-state index contributed by atoms with van der Waals surface area (Å²) in [5.74, 6) is -1.82. The van der Waals surface area contributed by atoms with Gasteiger partial charge in [-0.05, 0) is 19.9 Å².